The van der Waals surface area contributed by atoms with Gasteiger partial charge in [0.2, 0.25) is 0 Å². The summed E-state index contributed by atoms with van der Waals surface area (Å²) in [5, 5.41) is 0.574. The van der Waals surface area contributed by atoms with Crippen LogP contribution in [0.25, 0.3) is 0 Å². The molecule has 0 bridgehead atoms. The maximum atomic E-state index is 11.3. The summed E-state index contributed by atoms with van der Waals surface area (Å²) in [6.07, 6.45) is 0.723. The molecule has 1 unspecified atom stereocenters. The Morgan fingerprint density at radius 1 is 0.893 bits per heavy atom. The van der Waals surface area contributed by atoms with E-state index in [0.717, 1.165) is 6.29 Å². The van der Waals surface area contributed by atoms with Crippen molar-refractivity contribution >= 4 is 41.7 Å². The lowest BCUT2D eigenvalue weighted by Crippen LogP contribution is -2.07. The van der Waals surface area contributed by atoms with Gasteiger partial charge in [-0.1, -0.05) is 24.3 Å². The number of thioether (sulfide) groups is 2. The third-order valence-corrected chi connectivity index (χ3v) is 6.80. The van der Waals surface area contributed by atoms with Gasteiger partial charge in [-0.25, -0.2) is 9.59 Å². The van der Waals surface area contributed by atoms with Crippen molar-refractivity contribution in [2.45, 2.75) is 5.25 Å². The molecule has 0 N–H and O–H groups in total. The number of carbonyl (C=O) groups is 3. The van der Waals surface area contributed by atoms with Crippen LogP contribution in [-0.2, 0) is 9.47 Å². The Balaban J connectivity index is 0.000000209. The van der Waals surface area contributed by atoms with Crippen LogP contribution in [0, 0.1) is 0 Å². The van der Waals surface area contributed by atoms with Gasteiger partial charge in [-0.05, 0) is 29.8 Å². The van der Waals surface area contributed by atoms with Crippen LogP contribution in [0.1, 0.15) is 41.9 Å². The Morgan fingerprint density at radius 2 is 1.43 bits per heavy atom. The molecule has 1 aliphatic rings. The van der Waals surface area contributed by atoms with Crippen LogP contribution in [0.3, 0.4) is 0 Å². The predicted molar refractivity (Wildman–Crippen MR) is 113 cm³/mol. The third-order valence-electron chi connectivity index (χ3n) is 3.99. The number of esters is 2. The molecule has 0 radical (unpaired) electrons. The first-order valence-electron chi connectivity index (χ1n) is 8.60. The molecule has 1 saturated heterocycles. The molecule has 0 aliphatic carbocycles. The molecule has 3 rings (SSSR count). The zero-order chi connectivity index (χ0) is 20.4. The van der Waals surface area contributed by atoms with E-state index in [4.69, 9.17) is 0 Å². The maximum Gasteiger partial charge on any atom is 0.337 e. The zero-order valence-corrected chi connectivity index (χ0v) is 17.4. The van der Waals surface area contributed by atoms with Gasteiger partial charge in [0.05, 0.1) is 25.3 Å². The highest BCUT2D eigenvalue weighted by molar-refractivity contribution is 8.06. The highest BCUT2D eigenvalue weighted by atomic mass is 32.2. The van der Waals surface area contributed by atoms with Crippen LogP contribution in [-0.4, -0.2) is 49.7 Å². The Labute approximate surface area is 173 Å². The van der Waals surface area contributed by atoms with Crippen molar-refractivity contribution < 1.29 is 23.9 Å². The Morgan fingerprint density at radius 3 is 1.86 bits per heavy atom. The maximum absolute atomic E-state index is 11.3. The van der Waals surface area contributed by atoms with Gasteiger partial charge in [-0.2, -0.15) is 23.5 Å². The summed E-state index contributed by atoms with van der Waals surface area (Å²) in [7, 11) is 2.72. The second-order valence-corrected chi connectivity index (χ2v) is 8.24. The van der Waals surface area contributed by atoms with E-state index >= 15 is 0 Å². The SMILES string of the molecule is COC(=O)c1ccc(C2CSCCS2)cc1.COC(=O)c1ccc(C=O)cc1. The van der Waals surface area contributed by atoms with Gasteiger partial charge in [0.15, 0.2) is 0 Å². The first-order valence-corrected chi connectivity index (χ1v) is 10.8. The van der Waals surface area contributed by atoms with Crippen molar-refractivity contribution in [2.75, 3.05) is 31.5 Å². The van der Waals surface area contributed by atoms with Crippen molar-refractivity contribution in [1.82, 2.24) is 0 Å². The first-order chi connectivity index (χ1) is 13.6. The fraction of sp³-hybridized carbons (Fsp3) is 0.286. The summed E-state index contributed by atoms with van der Waals surface area (Å²) >= 11 is 4.00. The molecule has 1 aliphatic heterocycles. The summed E-state index contributed by atoms with van der Waals surface area (Å²) in [6.45, 7) is 0. The molecule has 0 saturated carbocycles. The number of carbonyl (C=O) groups excluding carboxylic acids is 3. The zero-order valence-electron chi connectivity index (χ0n) is 15.8. The summed E-state index contributed by atoms with van der Waals surface area (Å²) < 4.78 is 9.16. The van der Waals surface area contributed by atoms with E-state index in [1.54, 1.807) is 24.3 Å². The lowest BCUT2D eigenvalue weighted by molar-refractivity contribution is 0.0592. The van der Waals surface area contributed by atoms with E-state index in [1.807, 2.05) is 47.8 Å². The minimum Gasteiger partial charge on any atom is -0.465 e. The molecule has 28 heavy (non-hydrogen) atoms. The molecular weight excluding hydrogens is 396 g/mol. The minimum absolute atomic E-state index is 0.266. The highest BCUT2D eigenvalue weighted by Crippen LogP contribution is 2.36. The molecule has 0 aromatic heterocycles. The molecular formula is C21H22O5S2. The van der Waals surface area contributed by atoms with Gasteiger partial charge in [0.1, 0.15) is 6.29 Å². The predicted octanol–water partition coefficient (Wildman–Crippen LogP) is 4.28. The fourth-order valence-corrected chi connectivity index (χ4v) is 5.18. The third kappa shape index (κ3) is 6.42. The van der Waals surface area contributed by atoms with E-state index < -0.39 is 5.97 Å². The molecule has 1 atom stereocenters. The number of hydrogen-bond acceptors (Lipinski definition) is 7. The van der Waals surface area contributed by atoms with Crippen LogP contribution in [0.15, 0.2) is 48.5 Å². The second-order valence-electron chi connectivity index (χ2n) is 5.78. The number of methoxy groups -OCH3 is 2. The van der Waals surface area contributed by atoms with Crippen molar-refractivity contribution in [3.63, 3.8) is 0 Å². The second kappa shape index (κ2) is 11.6. The smallest absolute Gasteiger partial charge is 0.337 e. The van der Waals surface area contributed by atoms with Crippen molar-refractivity contribution in [1.29, 1.82) is 0 Å². The van der Waals surface area contributed by atoms with Gasteiger partial charge in [-0.15, -0.1) is 0 Å². The van der Waals surface area contributed by atoms with Crippen LogP contribution >= 0.6 is 23.5 Å². The van der Waals surface area contributed by atoms with E-state index in [0.29, 0.717) is 21.9 Å². The topological polar surface area (TPSA) is 69.7 Å². The number of ether oxygens (including phenoxy) is 2. The van der Waals surface area contributed by atoms with Crippen LogP contribution in [0.5, 0.6) is 0 Å². The fourth-order valence-electron chi connectivity index (χ4n) is 2.45. The molecule has 5 nitrogen and oxygen atoms in total. The lowest BCUT2D eigenvalue weighted by atomic mass is 10.1. The van der Waals surface area contributed by atoms with Crippen molar-refractivity contribution in [3.05, 3.63) is 70.8 Å². The van der Waals surface area contributed by atoms with Gasteiger partial charge < -0.3 is 9.47 Å². The van der Waals surface area contributed by atoms with Crippen molar-refractivity contribution in [3.8, 4) is 0 Å². The standard InChI is InChI=1S/C12H14O2S2.C9H8O3/c1-14-12(13)10-4-2-9(3-5-10)11-8-15-6-7-16-11;1-12-9(11)8-4-2-7(6-10)3-5-8/h2-5,11H,6-8H2,1H3;2-6H,1H3. The molecule has 2 aromatic carbocycles. The quantitative estimate of drug-likeness (QED) is 0.542. The summed E-state index contributed by atoms with van der Waals surface area (Å²) in [5.41, 5.74) is 2.93. The molecule has 0 spiro atoms. The number of benzene rings is 2. The van der Waals surface area contributed by atoms with E-state index in [9.17, 15) is 14.4 Å². The Bertz CT molecular complexity index is 781. The van der Waals surface area contributed by atoms with Gasteiger partial charge >= 0.3 is 11.9 Å². The van der Waals surface area contributed by atoms with Crippen LogP contribution < -0.4 is 0 Å². The molecule has 0 amide bonds. The van der Waals surface area contributed by atoms with Crippen LogP contribution in [0.4, 0.5) is 0 Å². The molecule has 148 valence electrons. The largest absolute Gasteiger partial charge is 0.465 e. The molecule has 7 heteroatoms. The minimum atomic E-state index is -0.396. The number of rotatable bonds is 4. The average Bonchev–Trinajstić information content (AvgIpc) is 2.79. The lowest BCUT2D eigenvalue weighted by Gasteiger charge is -2.21. The highest BCUT2D eigenvalue weighted by Gasteiger charge is 2.16. The van der Waals surface area contributed by atoms with E-state index in [2.05, 4.69) is 9.47 Å². The Hall–Kier alpha value is -2.25. The van der Waals surface area contributed by atoms with Gasteiger partial charge in [0.25, 0.3) is 0 Å². The number of hydrogen-bond donors (Lipinski definition) is 0. The molecule has 1 heterocycles. The summed E-state index contributed by atoms with van der Waals surface area (Å²) in [6, 6.07) is 14.0. The summed E-state index contributed by atoms with van der Waals surface area (Å²) in [5.74, 6) is 2.97. The monoisotopic (exact) mass is 418 g/mol. The van der Waals surface area contributed by atoms with Crippen molar-refractivity contribution in [2.24, 2.45) is 0 Å². The average molecular weight is 419 g/mol. The van der Waals surface area contributed by atoms with Gasteiger partial charge in [-0.3, -0.25) is 4.79 Å². The molecule has 2 aromatic rings. The van der Waals surface area contributed by atoms with E-state index in [-0.39, 0.29) is 5.97 Å². The summed E-state index contributed by atoms with van der Waals surface area (Å²) in [4.78, 5) is 32.4. The Kier molecular flexibility index (Phi) is 9.10. The first kappa shape index (κ1) is 22.0. The normalized spacial score (nSPS) is 15.6. The molecule has 1 fully saturated rings. The number of aldehydes is 1. The van der Waals surface area contributed by atoms with Crippen LogP contribution in [0.2, 0.25) is 0 Å². The van der Waals surface area contributed by atoms with Gasteiger partial charge in [0, 0.05) is 28.1 Å². The van der Waals surface area contributed by atoms with E-state index in [1.165, 1.54) is 37.0 Å².